The maximum atomic E-state index is 5.90. The van der Waals surface area contributed by atoms with Crippen LogP contribution >= 0.6 is 11.6 Å². The van der Waals surface area contributed by atoms with Crippen molar-refractivity contribution in [3.8, 4) is 0 Å². The molecule has 0 bridgehead atoms. The summed E-state index contributed by atoms with van der Waals surface area (Å²) in [6, 6.07) is 6.13. The molecule has 64 valence electrons. The summed E-state index contributed by atoms with van der Waals surface area (Å²) in [6.45, 7) is 0.743. The molecule has 2 heteroatoms. The van der Waals surface area contributed by atoms with Gasteiger partial charge in [0.25, 0.3) is 0 Å². The van der Waals surface area contributed by atoms with E-state index in [1.807, 2.05) is 6.07 Å². The van der Waals surface area contributed by atoms with E-state index in [2.05, 4.69) is 12.1 Å². The lowest BCUT2D eigenvalue weighted by atomic mass is 10.0. The highest BCUT2D eigenvalue weighted by Gasteiger charge is 2.20. The van der Waals surface area contributed by atoms with E-state index in [4.69, 9.17) is 17.3 Å². The van der Waals surface area contributed by atoms with Crippen LogP contribution in [0.25, 0.3) is 0 Å². The van der Waals surface area contributed by atoms with E-state index < -0.39 is 0 Å². The van der Waals surface area contributed by atoms with Crippen LogP contribution in [-0.2, 0) is 6.42 Å². The fraction of sp³-hybridized carbons (Fsp3) is 0.400. The van der Waals surface area contributed by atoms with Crippen LogP contribution in [0.2, 0.25) is 5.02 Å². The molecule has 2 rings (SSSR count). The lowest BCUT2D eigenvalue weighted by Crippen LogP contribution is -2.09. The average molecular weight is 182 g/mol. The molecule has 0 heterocycles. The molecule has 1 aliphatic carbocycles. The second kappa shape index (κ2) is 3.08. The quantitative estimate of drug-likeness (QED) is 0.707. The summed E-state index contributed by atoms with van der Waals surface area (Å²) < 4.78 is 0. The topological polar surface area (TPSA) is 26.0 Å². The first-order chi connectivity index (χ1) is 5.81. The van der Waals surface area contributed by atoms with Crippen LogP contribution in [0.15, 0.2) is 18.2 Å². The predicted molar refractivity (Wildman–Crippen MR) is 51.6 cm³/mol. The molecule has 1 aromatic rings. The van der Waals surface area contributed by atoms with Gasteiger partial charge >= 0.3 is 0 Å². The largest absolute Gasteiger partial charge is 0.330 e. The Morgan fingerprint density at radius 3 is 3.08 bits per heavy atom. The zero-order valence-corrected chi connectivity index (χ0v) is 7.64. The number of halogens is 1. The van der Waals surface area contributed by atoms with E-state index in [0.29, 0.717) is 5.92 Å². The summed E-state index contributed by atoms with van der Waals surface area (Å²) in [5.74, 6) is 0.540. The third kappa shape index (κ3) is 1.23. The molecule has 0 spiro atoms. The molecule has 12 heavy (non-hydrogen) atoms. The number of benzene rings is 1. The van der Waals surface area contributed by atoms with E-state index in [-0.39, 0.29) is 0 Å². The summed E-state index contributed by atoms with van der Waals surface area (Å²) in [7, 11) is 0. The number of rotatable bonds is 1. The van der Waals surface area contributed by atoms with Crippen molar-refractivity contribution in [1.82, 2.24) is 0 Å². The predicted octanol–water partition coefficient (Wildman–Crippen LogP) is 2.33. The number of aryl methyl sites for hydroxylation is 1. The minimum absolute atomic E-state index is 0.540. The zero-order chi connectivity index (χ0) is 8.55. The van der Waals surface area contributed by atoms with Crippen molar-refractivity contribution in [3.63, 3.8) is 0 Å². The van der Waals surface area contributed by atoms with Crippen molar-refractivity contribution in [2.45, 2.75) is 18.8 Å². The van der Waals surface area contributed by atoms with Crippen LogP contribution in [0.5, 0.6) is 0 Å². The Hall–Kier alpha value is -0.530. The lowest BCUT2D eigenvalue weighted by Gasteiger charge is -2.07. The number of hydrogen-bond donors (Lipinski definition) is 1. The van der Waals surface area contributed by atoms with Crippen molar-refractivity contribution in [1.29, 1.82) is 0 Å². The van der Waals surface area contributed by atoms with Crippen LogP contribution in [-0.4, -0.2) is 6.54 Å². The Kier molecular flexibility index (Phi) is 2.07. The van der Waals surface area contributed by atoms with Gasteiger partial charge in [-0.25, -0.2) is 0 Å². The van der Waals surface area contributed by atoms with E-state index in [1.54, 1.807) is 0 Å². The van der Waals surface area contributed by atoms with Gasteiger partial charge in [-0.3, -0.25) is 0 Å². The van der Waals surface area contributed by atoms with Crippen LogP contribution in [0.3, 0.4) is 0 Å². The molecular weight excluding hydrogens is 170 g/mol. The van der Waals surface area contributed by atoms with Crippen LogP contribution in [0, 0.1) is 0 Å². The Labute approximate surface area is 77.5 Å². The first-order valence-electron chi connectivity index (χ1n) is 4.29. The molecule has 0 amide bonds. The van der Waals surface area contributed by atoms with Crippen LogP contribution in [0.1, 0.15) is 23.5 Å². The normalized spacial score (nSPS) is 21.0. The smallest absolute Gasteiger partial charge is 0.0409 e. The van der Waals surface area contributed by atoms with E-state index >= 15 is 0 Å². The summed E-state index contributed by atoms with van der Waals surface area (Å²) in [6.07, 6.45) is 2.35. The Balaban J connectivity index is 2.42. The molecule has 0 aromatic heterocycles. The summed E-state index contributed by atoms with van der Waals surface area (Å²) in [4.78, 5) is 0. The molecule has 1 aliphatic rings. The Bertz CT molecular complexity index is 296. The molecule has 1 unspecified atom stereocenters. The van der Waals surface area contributed by atoms with Gasteiger partial charge in [-0.1, -0.05) is 17.7 Å². The van der Waals surface area contributed by atoms with Gasteiger partial charge in [0, 0.05) is 5.02 Å². The maximum Gasteiger partial charge on any atom is 0.0409 e. The molecular formula is C10H12ClN. The van der Waals surface area contributed by atoms with Crippen molar-refractivity contribution < 1.29 is 0 Å². The van der Waals surface area contributed by atoms with Gasteiger partial charge in [-0.15, -0.1) is 0 Å². The fourth-order valence-electron chi connectivity index (χ4n) is 1.90. The fourth-order valence-corrected chi connectivity index (χ4v) is 2.08. The maximum absolute atomic E-state index is 5.90. The summed E-state index contributed by atoms with van der Waals surface area (Å²) >= 11 is 5.90. The molecule has 1 aromatic carbocycles. The third-order valence-electron chi connectivity index (χ3n) is 2.59. The SMILES string of the molecule is NCC1CCc2ccc(Cl)cc21. The first-order valence-corrected chi connectivity index (χ1v) is 4.67. The van der Waals surface area contributed by atoms with Crippen LogP contribution in [0.4, 0.5) is 0 Å². The standard InChI is InChI=1S/C10H12ClN/c11-9-4-3-7-1-2-8(6-12)10(7)5-9/h3-5,8H,1-2,6,12H2. The van der Waals surface area contributed by atoms with Gasteiger partial charge in [0.05, 0.1) is 0 Å². The van der Waals surface area contributed by atoms with Crippen molar-refractivity contribution in [2.75, 3.05) is 6.54 Å². The van der Waals surface area contributed by atoms with Gasteiger partial charge in [0.2, 0.25) is 0 Å². The molecule has 0 fully saturated rings. The molecule has 0 saturated heterocycles. The van der Waals surface area contributed by atoms with Gasteiger partial charge in [-0.05, 0) is 48.6 Å². The molecule has 0 saturated carbocycles. The van der Waals surface area contributed by atoms with Crippen molar-refractivity contribution in [3.05, 3.63) is 34.3 Å². The van der Waals surface area contributed by atoms with Crippen LogP contribution < -0.4 is 5.73 Å². The van der Waals surface area contributed by atoms with Gasteiger partial charge in [-0.2, -0.15) is 0 Å². The van der Waals surface area contributed by atoms with Gasteiger partial charge < -0.3 is 5.73 Å². The second-order valence-electron chi connectivity index (χ2n) is 3.31. The minimum atomic E-state index is 0.540. The van der Waals surface area contributed by atoms with Gasteiger partial charge in [0.1, 0.15) is 0 Å². The summed E-state index contributed by atoms with van der Waals surface area (Å²) in [5.41, 5.74) is 8.45. The summed E-state index contributed by atoms with van der Waals surface area (Å²) in [5, 5.41) is 0.828. The molecule has 1 atom stereocenters. The van der Waals surface area contributed by atoms with E-state index in [1.165, 1.54) is 17.5 Å². The van der Waals surface area contributed by atoms with E-state index in [0.717, 1.165) is 18.0 Å². The van der Waals surface area contributed by atoms with Crippen molar-refractivity contribution >= 4 is 11.6 Å². The molecule has 0 aliphatic heterocycles. The monoisotopic (exact) mass is 181 g/mol. The average Bonchev–Trinajstić information content (AvgIpc) is 2.46. The zero-order valence-electron chi connectivity index (χ0n) is 6.89. The van der Waals surface area contributed by atoms with E-state index in [9.17, 15) is 0 Å². The lowest BCUT2D eigenvalue weighted by molar-refractivity contribution is 0.688. The minimum Gasteiger partial charge on any atom is -0.330 e. The third-order valence-corrected chi connectivity index (χ3v) is 2.83. The molecule has 0 radical (unpaired) electrons. The molecule has 2 N–H and O–H groups in total. The number of nitrogens with two attached hydrogens (primary N) is 1. The van der Waals surface area contributed by atoms with Gasteiger partial charge in [0.15, 0.2) is 0 Å². The Morgan fingerprint density at radius 1 is 1.50 bits per heavy atom. The number of fused-ring (bicyclic) bond motifs is 1. The highest BCUT2D eigenvalue weighted by Crippen LogP contribution is 2.33. The molecule has 1 nitrogen and oxygen atoms in total. The highest BCUT2D eigenvalue weighted by atomic mass is 35.5. The van der Waals surface area contributed by atoms with Crippen molar-refractivity contribution in [2.24, 2.45) is 5.73 Å². The first kappa shape index (κ1) is 8.09. The highest BCUT2D eigenvalue weighted by molar-refractivity contribution is 6.30. The number of hydrogen-bond acceptors (Lipinski definition) is 1. The second-order valence-corrected chi connectivity index (χ2v) is 3.75. The Morgan fingerprint density at radius 2 is 2.33 bits per heavy atom.